The molecule has 0 bridgehead atoms. The van der Waals surface area contributed by atoms with E-state index in [1.165, 1.54) is 6.42 Å². The molecule has 2 amide bonds. The largest absolute Gasteiger partial charge is 0.497 e. The van der Waals surface area contributed by atoms with Crippen LogP contribution in [0.25, 0.3) is 0 Å². The Balaban J connectivity index is 1.44. The van der Waals surface area contributed by atoms with Gasteiger partial charge in [-0.25, -0.2) is 0 Å². The number of hydrogen-bond acceptors (Lipinski definition) is 5. The topological polar surface area (TPSA) is 71.1 Å². The lowest BCUT2D eigenvalue weighted by Crippen LogP contribution is -2.52. The molecular weight excluding hydrogens is 466 g/mol. The van der Waals surface area contributed by atoms with Crippen molar-refractivity contribution in [1.82, 2.24) is 15.1 Å². The maximum Gasteiger partial charge on any atom is 0.254 e. The first kappa shape index (κ1) is 25.7. The number of rotatable bonds is 8. The third kappa shape index (κ3) is 5.68. The van der Waals surface area contributed by atoms with E-state index in [2.05, 4.69) is 10.2 Å². The Kier molecular flexibility index (Phi) is 8.41. The maximum atomic E-state index is 14.0. The van der Waals surface area contributed by atoms with Gasteiger partial charge in [0.15, 0.2) is 0 Å². The molecule has 1 N–H and O–H groups in total. The van der Waals surface area contributed by atoms with E-state index >= 15 is 0 Å². The van der Waals surface area contributed by atoms with Crippen molar-refractivity contribution in [2.45, 2.75) is 56.5 Å². The zero-order chi connectivity index (χ0) is 25.6. The second-order valence-electron chi connectivity index (χ2n) is 10.4. The van der Waals surface area contributed by atoms with E-state index in [1.54, 1.807) is 7.11 Å². The minimum absolute atomic E-state index is 0.0106. The molecule has 7 heteroatoms. The van der Waals surface area contributed by atoms with Crippen LogP contribution in [0.5, 0.6) is 5.75 Å². The van der Waals surface area contributed by atoms with Crippen LogP contribution in [0.15, 0.2) is 48.5 Å². The lowest BCUT2D eigenvalue weighted by atomic mass is 9.77. The molecule has 2 fully saturated rings. The van der Waals surface area contributed by atoms with Crippen LogP contribution in [-0.4, -0.2) is 74.2 Å². The van der Waals surface area contributed by atoms with Gasteiger partial charge in [0.05, 0.1) is 32.3 Å². The zero-order valence-corrected chi connectivity index (χ0v) is 21.9. The molecule has 0 unspecified atom stereocenters. The smallest absolute Gasteiger partial charge is 0.254 e. The van der Waals surface area contributed by atoms with Gasteiger partial charge < -0.3 is 19.7 Å². The third-order valence-electron chi connectivity index (χ3n) is 8.14. The molecule has 2 aliphatic heterocycles. The van der Waals surface area contributed by atoms with Crippen LogP contribution in [0.3, 0.4) is 0 Å². The number of methoxy groups -OCH3 is 1. The van der Waals surface area contributed by atoms with Crippen LogP contribution in [0.1, 0.15) is 72.0 Å². The molecule has 1 aliphatic carbocycles. The summed E-state index contributed by atoms with van der Waals surface area (Å²) in [7, 11) is 1.65. The predicted molar refractivity (Wildman–Crippen MR) is 143 cm³/mol. The van der Waals surface area contributed by atoms with Gasteiger partial charge in [-0.3, -0.25) is 14.5 Å². The minimum atomic E-state index is -0.465. The number of morpholine rings is 1. The van der Waals surface area contributed by atoms with Crippen molar-refractivity contribution in [1.29, 1.82) is 0 Å². The van der Waals surface area contributed by atoms with Crippen molar-refractivity contribution in [3.8, 4) is 5.75 Å². The average molecular weight is 506 g/mol. The second-order valence-corrected chi connectivity index (χ2v) is 10.4. The van der Waals surface area contributed by atoms with E-state index in [-0.39, 0.29) is 23.9 Å². The average Bonchev–Trinajstić information content (AvgIpc) is 2.96. The number of hydrogen-bond donors (Lipinski definition) is 1. The van der Waals surface area contributed by atoms with Crippen LogP contribution in [0.2, 0.25) is 0 Å². The van der Waals surface area contributed by atoms with Gasteiger partial charge in [0.1, 0.15) is 5.75 Å². The van der Waals surface area contributed by atoms with Gasteiger partial charge in [0.2, 0.25) is 5.91 Å². The van der Waals surface area contributed by atoms with Crippen LogP contribution in [0.4, 0.5) is 0 Å². The standard InChI is InChI=1S/C30H39N3O4/c1-36-24-14-12-22(13-15-24)28-27(29(34)31-16-7-17-32-18-20-37-21-19-32)25-10-5-6-11-26(25)30(35)33(28)23-8-3-2-4-9-23/h5-6,10-15,23,27-28H,2-4,7-9,16-21H2,1H3,(H,31,34)/t27-,28+/m0/s1. The number of amides is 2. The number of benzene rings is 2. The van der Waals surface area contributed by atoms with Crippen molar-refractivity contribution in [3.63, 3.8) is 0 Å². The summed E-state index contributed by atoms with van der Waals surface area (Å²) in [6.07, 6.45) is 6.28. The molecule has 5 rings (SSSR count). The van der Waals surface area contributed by atoms with Crippen molar-refractivity contribution in [2.75, 3.05) is 46.5 Å². The monoisotopic (exact) mass is 505 g/mol. The molecule has 37 heavy (non-hydrogen) atoms. The molecule has 0 aromatic heterocycles. The Bertz CT molecular complexity index is 1060. The van der Waals surface area contributed by atoms with Crippen LogP contribution in [0, 0.1) is 0 Å². The molecule has 198 valence electrons. The minimum Gasteiger partial charge on any atom is -0.497 e. The van der Waals surface area contributed by atoms with E-state index in [0.29, 0.717) is 12.1 Å². The Morgan fingerprint density at radius 2 is 1.76 bits per heavy atom. The van der Waals surface area contributed by atoms with Crippen LogP contribution < -0.4 is 10.1 Å². The Morgan fingerprint density at radius 3 is 2.49 bits per heavy atom. The molecule has 2 heterocycles. The van der Waals surface area contributed by atoms with Gasteiger partial charge in [-0.2, -0.15) is 0 Å². The number of ether oxygens (including phenoxy) is 2. The van der Waals surface area contributed by atoms with Crippen LogP contribution >= 0.6 is 0 Å². The van der Waals surface area contributed by atoms with Gasteiger partial charge in [-0.15, -0.1) is 0 Å². The summed E-state index contributed by atoms with van der Waals surface area (Å²) in [6.45, 7) is 5.00. The lowest BCUT2D eigenvalue weighted by Gasteiger charge is -2.46. The molecule has 3 aliphatic rings. The highest BCUT2D eigenvalue weighted by molar-refractivity contribution is 6.01. The SMILES string of the molecule is COc1ccc([C@@H]2[C@@H](C(=O)NCCCN3CCOCC3)c3ccccc3C(=O)N2C2CCCCC2)cc1. The normalized spacial score (nSPS) is 22.9. The van der Waals surface area contributed by atoms with Crippen molar-refractivity contribution < 1.29 is 19.1 Å². The first-order chi connectivity index (χ1) is 18.2. The number of nitrogens with zero attached hydrogens (tertiary/aromatic N) is 2. The van der Waals surface area contributed by atoms with E-state index < -0.39 is 5.92 Å². The highest BCUT2D eigenvalue weighted by Gasteiger charge is 2.46. The first-order valence-electron chi connectivity index (χ1n) is 13.8. The van der Waals surface area contributed by atoms with E-state index in [1.807, 2.05) is 53.4 Å². The molecule has 7 nitrogen and oxygen atoms in total. The summed E-state index contributed by atoms with van der Waals surface area (Å²) in [4.78, 5) is 32.4. The molecule has 0 radical (unpaired) electrons. The fourth-order valence-corrected chi connectivity index (χ4v) is 6.20. The van der Waals surface area contributed by atoms with Crippen molar-refractivity contribution in [3.05, 3.63) is 65.2 Å². The number of carbonyl (C=O) groups excluding carboxylic acids is 2. The molecule has 1 saturated heterocycles. The summed E-state index contributed by atoms with van der Waals surface area (Å²) in [6, 6.07) is 15.4. The van der Waals surface area contributed by atoms with Gasteiger partial charge in [-0.1, -0.05) is 49.6 Å². The maximum absolute atomic E-state index is 14.0. The van der Waals surface area contributed by atoms with Crippen molar-refractivity contribution in [2.24, 2.45) is 0 Å². The quantitative estimate of drug-likeness (QED) is 0.546. The first-order valence-corrected chi connectivity index (χ1v) is 13.8. The van der Waals surface area contributed by atoms with Gasteiger partial charge in [-0.05, 0) is 55.1 Å². The number of nitrogens with one attached hydrogen (secondary N) is 1. The van der Waals surface area contributed by atoms with Crippen LogP contribution in [-0.2, 0) is 9.53 Å². The van der Waals surface area contributed by atoms with E-state index in [0.717, 1.165) is 81.8 Å². The summed E-state index contributed by atoms with van der Waals surface area (Å²) >= 11 is 0. The summed E-state index contributed by atoms with van der Waals surface area (Å²) in [5, 5.41) is 3.23. The Labute approximate surface area is 220 Å². The Hall–Kier alpha value is -2.90. The molecule has 2 aromatic carbocycles. The van der Waals surface area contributed by atoms with Gasteiger partial charge >= 0.3 is 0 Å². The summed E-state index contributed by atoms with van der Waals surface area (Å²) < 4.78 is 10.8. The van der Waals surface area contributed by atoms with Gasteiger partial charge in [0, 0.05) is 31.2 Å². The fraction of sp³-hybridized carbons (Fsp3) is 0.533. The highest BCUT2D eigenvalue weighted by atomic mass is 16.5. The number of carbonyl (C=O) groups is 2. The van der Waals surface area contributed by atoms with Gasteiger partial charge in [0.25, 0.3) is 5.91 Å². The fourth-order valence-electron chi connectivity index (χ4n) is 6.20. The number of fused-ring (bicyclic) bond motifs is 1. The van der Waals surface area contributed by atoms with Crippen molar-refractivity contribution >= 4 is 11.8 Å². The third-order valence-corrected chi connectivity index (χ3v) is 8.14. The summed E-state index contributed by atoms with van der Waals surface area (Å²) in [5.41, 5.74) is 2.46. The second kappa shape index (κ2) is 12.1. The molecule has 1 saturated carbocycles. The van der Waals surface area contributed by atoms with E-state index in [9.17, 15) is 9.59 Å². The molecule has 0 spiro atoms. The van der Waals surface area contributed by atoms with E-state index in [4.69, 9.17) is 9.47 Å². The lowest BCUT2D eigenvalue weighted by molar-refractivity contribution is -0.124. The summed E-state index contributed by atoms with van der Waals surface area (Å²) in [5.74, 6) is 0.329. The molecule has 2 atom stereocenters. The highest BCUT2D eigenvalue weighted by Crippen LogP contribution is 2.46. The predicted octanol–water partition coefficient (Wildman–Crippen LogP) is 4.15. The zero-order valence-electron chi connectivity index (χ0n) is 21.9. The molecule has 2 aromatic rings. The molecular formula is C30H39N3O4. The Morgan fingerprint density at radius 1 is 1.03 bits per heavy atom.